The number of carbonyl (C=O) groups excluding carboxylic acids is 1. The second-order valence-corrected chi connectivity index (χ2v) is 6.08. The number of nitrogen functional groups attached to an aromatic ring is 1. The summed E-state index contributed by atoms with van der Waals surface area (Å²) >= 11 is 6.20. The molecule has 1 aliphatic rings. The molecule has 2 aromatic carbocycles. The van der Waals surface area contributed by atoms with Crippen LogP contribution in [-0.4, -0.2) is 24.5 Å². The number of halogens is 2. The summed E-state index contributed by atoms with van der Waals surface area (Å²) in [7, 11) is 1.64. The summed E-state index contributed by atoms with van der Waals surface area (Å²) in [5.74, 6) is 0.743. The highest BCUT2D eigenvalue weighted by atomic mass is 35.5. The third-order valence-electron chi connectivity index (χ3n) is 4.22. The SMILES string of the molecule is COc1cccc(C2CCCN2C(=O)c2ccc(N)cc2Cl)c1.Cl. The second-order valence-electron chi connectivity index (χ2n) is 5.67. The van der Waals surface area contributed by atoms with Gasteiger partial charge in [0.25, 0.3) is 5.91 Å². The molecule has 0 bridgehead atoms. The third kappa shape index (κ3) is 3.60. The predicted molar refractivity (Wildman–Crippen MR) is 99.1 cm³/mol. The number of nitrogens with zero attached hydrogens (tertiary/aromatic N) is 1. The first-order valence-corrected chi connectivity index (χ1v) is 7.98. The van der Waals surface area contributed by atoms with Crippen molar-refractivity contribution >= 4 is 35.6 Å². The highest BCUT2D eigenvalue weighted by Crippen LogP contribution is 2.35. The first-order valence-electron chi connectivity index (χ1n) is 7.60. The molecule has 6 heteroatoms. The van der Waals surface area contributed by atoms with Crippen LogP contribution in [0.1, 0.15) is 34.8 Å². The minimum Gasteiger partial charge on any atom is -0.497 e. The van der Waals surface area contributed by atoms with E-state index in [4.69, 9.17) is 22.1 Å². The average Bonchev–Trinajstić information content (AvgIpc) is 3.04. The van der Waals surface area contributed by atoms with E-state index in [2.05, 4.69) is 0 Å². The summed E-state index contributed by atoms with van der Waals surface area (Å²) in [5, 5.41) is 0.395. The zero-order valence-electron chi connectivity index (χ0n) is 13.4. The van der Waals surface area contributed by atoms with E-state index in [9.17, 15) is 4.79 Å². The topological polar surface area (TPSA) is 55.6 Å². The van der Waals surface area contributed by atoms with Gasteiger partial charge in [-0.2, -0.15) is 0 Å². The lowest BCUT2D eigenvalue weighted by molar-refractivity contribution is 0.0735. The quantitative estimate of drug-likeness (QED) is 0.822. The van der Waals surface area contributed by atoms with Crippen LogP contribution in [0, 0.1) is 0 Å². The van der Waals surface area contributed by atoms with Crippen LogP contribution < -0.4 is 10.5 Å². The maximum atomic E-state index is 12.9. The molecule has 1 aliphatic heterocycles. The Morgan fingerprint density at radius 1 is 1.29 bits per heavy atom. The molecule has 1 saturated heterocycles. The Balaban J connectivity index is 0.00000208. The van der Waals surface area contributed by atoms with E-state index < -0.39 is 0 Å². The fraction of sp³-hybridized carbons (Fsp3) is 0.278. The van der Waals surface area contributed by atoms with Gasteiger partial charge in [0, 0.05) is 12.2 Å². The number of carbonyl (C=O) groups is 1. The Morgan fingerprint density at radius 3 is 2.79 bits per heavy atom. The van der Waals surface area contributed by atoms with Crippen LogP contribution in [0.3, 0.4) is 0 Å². The molecule has 3 rings (SSSR count). The number of hydrogen-bond donors (Lipinski definition) is 1. The van der Waals surface area contributed by atoms with Crippen molar-refractivity contribution in [2.24, 2.45) is 0 Å². The maximum absolute atomic E-state index is 12.9. The Morgan fingerprint density at radius 2 is 2.08 bits per heavy atom. The van der Waals surface area contributed by atoms with Gasteiger partial charge in [-0.15, -0.1) is 12.4 Å². The Hall–Kier alpha value is -1.91. The third-order valence-corrected chi connectivity index (χ3v) is 4.53. The van der Waals surface area contributed by atoms with Gasteiger partial charge in [0.05, 0.1) is 23.7 Å². The van der Waals surface area contributed by atoms with Crippen LogP contribution in [0.5, 0.6) is 5.75 Å². The van der Waals surface area contributed by atoms with E-state index in [-0.39, 0.29) is 24.4 Å². The monoisotopic (exact) mass is 366 g/mol. The molecule has 0 aromatic heterocycles. The van der Waals surface area contributed by atoms with Gasteiger partial charge in [-0.1, -0.05) is 23.7 Å². The van der Waals surface area contributed by atoms with E-state index in [1.165, 1.54) is 0 Å². The van der Waals surface area contributed by atoms with Gasteiger partial charge in [-0.3, -0.25) is 4.79 Å². The van der Waals surface area contributed by atoms with Gasteiger partial charge >= 0.3 is 0 Å². The molecule has 0 aliphatic carbocycles. The second kappa shape index (κ2) is 7.77. The molecule has 128 valence electrons. The number of methoxy groups -OCH3 is 1. The van der Waals surface area contributed by atoms with Crippen molar-refractivity contribution in [2.45, 2.75) is 18.9 Å². The average molecular weight is 367 g/mol. The lowest BCUT2D eigenvalue weighted by Crippen LogP contribution is -2.30. The van der Waals surface area contributed by atoms with Crippen molar-refractivity contribution in [3.63, 3.8) is 0 Å². The molecular weight excluding hydrogens is 347 g/mol. The van der Waals surface area contributed by atoms with Crippen molar-refractivity contribution in [1.29, 1.82) is 0 Å². The molecule has 0 saturated carbocycles. The first kappa shape index (κ1) is 18.4. The number of anilines is 1. The van der Waals surface area contributed by atoms with Crippen LogP contribution in [0.4, 0.5) is 5.69 Å². The maximum Gasteiger partial charge on any atom is 0.255 e. The largest absolute Gasteiger partial charge is 0.497 e. The first-order chi connectivity index (χ1) is 11.1. The van der Waals surface area contributed by atoms with Crippen molar-refractivity contribution in [3.05, 3.63) is 58.6 Å². The molecule has 4 nitrogen and oxygen atoms in total. The zero-order valence-corrected chi connectivity index (χ0v) is 14.9. The Kier molecular flexibility index (Phi) is 5.97. The van der Waals surface area contributed by atoms with E-state index in [0.717, 1.165) is 30.7 Å². The molecule has 24 heavy (non-hydrogen) atoms. The molecule has 1 fully saturated rings. The predicted octanol–water partition coefficient (Wildman–Crippen LogP) is 4.33. The molecule has 2 N–H and O–H groups in total. The van der Waals surface area contributed by atoms with Gasteiger partial charge in [-0.05, 0) is 48.7 Å². The van der Waals surface area contributed by atoms with E-state index >= 15 is 0 Å². The summed E-state index contributed by atoms with van der Waals surface area (Å²) in [5.41, 5.74) is 7.84. The number of nitrogens with two attached hydrogens (primary N) is 1. The minimum atomic E-state index is -0.0553. The van der Waals surface area contributed by atoms with Crippen molar-refractivity contribution in [3.8, 4) is 5.75 Å². The van der Waals surface area contributed by atoms with Gasteiger partial charge in [0.15, 0.2) is 0 Å². The lowest BCUT2D eigenvalue weighted by atomic mass is 10.0. The smallest absolute Gasteiger partial charge is 0.255 e. The fourth-order valence-electron chi connectivity index (χ4n) is 3.06. The van der Waals surface area contributed by atoms with Crippen molar-refractivity contribution in [2.75, 3.05) is 19.4 Å². The van der Waals surface area contributed by atoms with Gasteiger partial charge in [-0.25, -0.2) is 0 Å². The fourth-order valence-corrected chi connectivity index (χ4v) is 3.33. The number of rotatable bonds is 3. The lowest BCUT2D eigenvalue weighted by Gasteiger charge is -2.26. The molecule has 2 aromatic rings. The Labute approximate surface area is 153 Å². The highest BCUT2D eigenvalue weighted by molar-refractivity contribution is 6.34. The molecular formula is C18H20Cl2N2O2. The summed E-state index contributed by atoms with van der Waals surface area (Å²) in [4.78, 5) is 14.8. The van der Waals surface area contributed by atoms with Crippen LogP contribution in [0.15, 0.2) is 42.5 Å². The number of hydrogen-bond acceptors (Lipinski definition) is 3. The van der Waals surface area contributed by atoms with Crippen molar-refractivity contribution in [1.82, 2.24) is 4.90 Å². The van der Waals surface area contributed by atoms with Crippen LogP contribution in [0.25, 0.3) is 0 Å². The molecule has 1 atom stereocenters. The standard InChI is InChI=1S/C18H19ClN2O2.ClH/c1-23-14-5-2-4-12(10-14)17-6-3-9-21(17)18(22)15-8-7-13(20)11-16(15)19;/h2,4-5,7-8,10-11,17H,3,6,9,20H2,1H3;1H. The number of ether oxygens (including phenoxy) is 1. The molecule has 1 amide bonds. The zero-order chi connectivity index (χ0) is 16.4. The normalized spacial score (nSPS) is 16.6. The molecule has 0 spiro atoms. The number of likely N-dealkylation sites (tertiary alicyclic amines) is 1. The molecule has 1 heterocycles. The molecule has 1 unspecified atom stereocenters. The number of benzene rings is 2. The van der Waals surface area contributed by atoms with Crippen LogP contribution in [0.2, 0.25) is 5.02 Å². The van der Waals surface area contributed by atoms with E-state index in [1.54, 1.807) is 25.3 Å². The Bertz CT molecular complexity index is 737. The van der Waals surface area contributed by atoms with Crippen LogP contribution >= 0.6 is 24.0 Å². The highest BCUT2D eigenvalue weighted by Gasteiger charge is 2.31. The van der Waals surface area contributed by atoms with Gasteiger partial charge in [0.2, 0.25) is 0 Å². The minimum absolute atomic E-state index is 0. The molecule has 0 radical (unpaired) electrons. The van der Waals surface area contributed by atoms with Crippen molar-refractivity contribution < 1.29 is 9.53 Å². The summed E-state index contributed by atoms with van der Waals surface area (Å²) in [6.45, 7) is 0.724. The van der Waals surface area contributed by atoms with Gasteiger partial charge < -0.3 is 15.4 Å². The number of amides is 1. The van der Waals surface area contributed by atoms with E-state index in [1.807, 2.05) is 29.2 Å². The van der Waals surface area contributed by atoms with Gasteiger partial charge in [0.1, 0.15) is 5.75 Å². The van der Waals surface area contributed by atoms with E-state index in [0.29, 0.717) is 16.3 Å². The summed E-state index contributed by atoms with van der Waals surface area (Å²) in [6, 6.07) is 12.9. The van der Waals surface area contributed by atoms with Crippen LogP contribution in [-0.2, 0) is 0 Å². The summed E-state index contributed by atoms with van der Waals surface area (Å²) in [6.07, 6.45) is 1.91. The summed E-state index contributed by atoms with van der Waals surface area (Å²) < 4.78 is 5.29.